The molecule has 0 aliphatic rings. The molecule has 0 bridgehead atoms. The fraction of sp³-hybridized carbons (Fsp3) is 0.360. The van der Waals surface area contributed by atoms with E-state index in [9.17, 15) is 23.5 Å². The van der Waals surface area contributed by atoms with Crippen LogP contribution in [0.4, 0.5) is 19.4 Å². The molecule has 198 valence electrons. The quantitative estimate of drug-likeness (QED) is 0.279. The third-order valence-corrected chi connectivity index (χ3v) is 5.04. The minimum Gasteiger partial charge on any atom is -0.444 e. The molecular formula is C25H30F2N6O4. The molecule has 0 fully saturated rings. The Morgan fingerprint density at radius 3 is 2.65 bits per heavy atom. The summed E-state index contributed by atoms with van der Waals surface area (Å²) in [5.41, 5.74) is 0.282. The number of halogens is 2. The standard InChI is InChI=1S/C25H30F2N6O4/c1-25(2,3)37-24(36)32-18(14-34)13-29-23(35)19-10-20(27)21(16-11-30-31-12-16)33-22(19)28-8-7-15-5-4-6-17(26)9-15/h4-6,9-12,18,34H,7-8,13-14H2,1-3H3,(H,28,33)(H,29,35)(H,30,31)(H,32,36)/t18-/m1/s1. The van der Waals surface area contributed by atoms with Crippen molar-refractivity contribution < 1.29 is 28.2 Å². The zero-order valence-corrected chi connectivity index (χ0v) is 20.8. The molecule has 2 aromatic heterocycles. The molecule has 0 saturated heterocycles. The lowest BCUT2D eigenvalue weighted by atomic mass is 10.1. The van der Waals surface area contributed by atoms with Gasteiger partial charge in [0.25, 0.3) is 5.91 Å². The second kappa shape index (κ2) is 12.3. The van der Waals surface area contributed by atoms with Crippen LogP contribution in [-0.4, -0.2) is 63.6 Å². The third kappa shape index (κ3) is 8.24. The van der Waals surface area contributed by atoms with Crippen LogP contribution in [0, 0.1) is 11.6 Å². The lowest BCUT2D eigenvalue weighted by Crippen LogP contribution is -2.47. The first kappa shape index (κ1) is 27.5. The summed E-state index contributed by atoms with van der Waals surface area (Å²) in [4.78, 5) is 29.3. The highest BCUT2D eigenvalue weighted by atomic mass is 19.1. The Morgan fingerprint density at radius 2 is 2.00 bits per heavy atom. The Labute approximate surface area is 212 Å². The number of benzene rings is 1. The van der Waals surface area contributed by atoms with E-state index in [1.165, 1.54) is 24.5 Å². The molecule has 1 aromatic carbocycles. The van der Waals surface area contributed by atoms with Crippen molar-refractivity contribution in [3.05, 3.63) is 65.5 Å². The molecule has 1 atom stereocenters. The average Bonchev–Trinajstić information content (AvgIpc) is 3.36. The number of H-pyrrole nitrogens is 1. The highest BCUT2D eigenvalue weighted by Gasteiger charge is 2.22. The number of aromatic amines is 1. The van der Waals surface area contributed by atoms with E-state index in [0.717, 1.165) is 11.6 Å². The third-order valence-electron chi connectivity index (χ3n) is 5.04. The van der Waals surface area contributed by atoms with Crippen molar-refractivity contribution in [3.63, 3.8) is 0 Å². The summed E-state index contributed by atoms with van der Waals surface area (Å²) in [6.07, 6.45) is 2.54. The molecule has 5 N–H and O–H groups in total. The number of pyridine rings is 1. The lowest BCUT2D eigenvalue weighted by molar-refractivity contribution is 0.0480. The van der Waals surface area contributed by atoms with Crippen molar-refractivity contribution >= 4 is 17.8 Å². The number of aliphatic hydroxyl groups excluding tert-OH is 1. The SMILES string of the molecule is CC(C)(C)OC(=O)N[C@@H](CO)CNC(=O)c1cc(F)c(-c2cn[nH]c2)nc1NCCc1cccc(F)c1. The highest BCUT2D eigenvalue weighted by molar-refractivity contribution is 5.99. The van der Waals surface area contributed by atoms with E-state index in [4.69, 9.17) is 4.74 Å². The van der Waals surface area contributed by atoms with Gasteiger partial charge in [0.05, 0.1) is 24.4 Å². The lowest BCUT2D eigenvalue weighted by Gasteiger charge is -2.23. The van der Waals surface area contributed by atoms with Gasteiger partial charge in [0.15, 0.2) is 5.82 Å². The van der Waals surface area contributed by atoms with Crippen LogP contribution in [0.3, 0.4) is 0 Å². The van der Waals surface area contributed by atoms with Gasteiger partial charge in [-0.2, -0.15) is 5.10 Å². The summed E-state index contributed by atoms with van der Waals surface area (Å²) < 4.78 is 33.6. The fourth-order valence-corrected chi connectivity index (χ4v) is 3.34. The van der Waals surface area contributed by atoms with E-state index in [-0.39, 0.29) is 36.0 Å². The first-order valence-electron chi connectivity index (χ1n) is 11.6. The Balaban J connectivity index is 1.75. The summed E-state index contributed by atoms with van der Waals surface area (Å²) in [5, 5.41) is 24.1. The zero-order chi connectivity index (χ0) is 27.0. The number of amides is 2. The molecule has 0 spiro atoms. The number of nitrogens with one attached hydrogen (secondary N) is 4. The van der Waals surface area contributed by atoms with Gasteiger partial charge in [-0.1, -0.05) is 12.1 Å². The number of carbonyl (C=O) groups is 2. The molecule has 37 heavy (non-hydrogen) atoms. The Hall–Kier alpha value is -4.06. The Morgan fingerprint density at radius 1 is 1.22 bits per heavy atom. The zero-order valence-electron chi connectivity index (χ0n) is 20.8. The van der Waals surface area contributed by atoms with E-state index < -0.39 is 36.1 Å². The normalized spacial score (nSPS) is 12.1. The predicted molar refractivity (Wildman–Crippen MR) is 133 cm³/mol. The number of hydrogen-bond acceptors (Lipinski definition) is 7. The van der Waals surface area contributed by atoms with Crippen LogP contribution in [-0.2, 0) is 11.2 Å². The topological polar surface area (TPSA) is 141 Å². The molecule has 3 aromatic rings. The first-order chi connectivity index (χ1) is 17.6. The second-order valence-corrected chi connectivity index (χ2v) is 9.24. The molecule has 0 unspecified atom stereocenters. The van der Waals surface area contributed by atoms with Crippen LogP contribution in [0.1, 0.15) is 36.7 Å². The maximum Gasteiger partial charge on any atom is 0.408 e. The van der Waals surface area contributed by atoms with Crippen molar-refractivity contribution in [1.82, 2.24) is 25.8 Å². The van der Waals surface area contributed by atoms with Crippen molar-refractivity contribution in [3.8, 4) is 11.3 Å². The number of ether oxygens (including phenoxy) is 1. The summed E-state index contributed by atoms with van der Waals surface area (Å²) in [6, 6.07) is 6.31. The van der Waals surface area contributed by atoms with E-state index in [1.54, 1.807) is 32.9 Å². The number of rotatable bonds is 10. The monoisotopic (exact) mass is 516 g/mol. The van der Waals surface area contributed by atoms with Gasteiger partial charge in [0, 0.05) is 24.8 Å². The van der Waals surface area contributed by atoms with Crippen molar-refractivity contribution in [2.45, 2.75) is 38.8 Å². The summed E-state index contributed by atoms with van der Waals surface area (Å²) in [6.45, 7) is 4.75. The molecule has 12 heteroatoms. The van der Waals surface area contributed by atoms with Crippen LogP contribution >= 0.6 is 0 Å². The molecule has 10 nitrogen and oxygen atoms in total. The summed E-state index contributed by atoms with van der Waals surface area (Å²) in [5.74, 6) is -1.68. The number of carbonyl (C=O) groups excluding carboxylic acids is 2. The average molecular weight is 517 g/mol. The van der Waals surface area contributed by atoms with Gasteiger partial charge in [-0.3, -0.25) is 9.89 Å². The molecule has 2 amide bonds. The highest BCUT2D eigenvalue weighted by Crippen LogP contribution is 2.25. The van der Waals surface area contributed by atoms with E-state index in [1.807, 2.05) is 0 Å². The van der Waals surface area contributed by atoms with Gasteiger partial charge >= 0.3 is 6.09 Å². The summed E-state index contributed by atoms with van der Waals surface area (Å²) >= 11 is 0. The van der Waals surface area contributed by atoms with Crippen LogP contribution in [0.25, 0.3) is 11.3 Å². The van der Waals surface area contributed by atoms with Gasteiger partial charge in [0.2, 0.25) is 0 Å². The minimum absolute atomic E-state index is 0.0154. The largest absolute Gasteiger partial charge is 0.444 e. The summed E-state index contributed by atoms with van der Waals surface area (Å²) in [7, 11) is 0. The number of nitrogens with zero attached hydrogens (tertiary/aromatic N) is 2. The van der Waals surface area contributed by atoms with Gasteiger partial charge in [0.1, 0.15) is 22.9 Å². The maximum atomic E-state index is 14.9. The number of anilines is 1. The van der Waals surface area contributed by atoms with Crippen LogP contribution in [0.15, 0.2) is 42.7 Å². The smallest absolute Gasteiger partial charge is 0.408 e. The van der Waals surface area contributed by atoms with E-state index in [0.29, 0.717) is 12.0 Å². The fourth-order valence-electron chi connectivity index (χ4n) is 3.34. The minimum atomic E-state index is -0.841. The van der Waals surface area contributed by atoms with Crippen LogP contribution in [0.2, 0.25) is 0 Å². The maximum absolute atomic E-state index is 14.9. The Bertz CT molecular complexity index is 1210. The van der Waals surface area contributed by atoms with Gasteiger partial charge in [-0.25, -0.2) is 18.6 Å². The predicted octanol–water partition coefficient (Wildman–Crippen LogP) is 3.02. The molecule has 2 heterocycles. The van der Waals surface area contributed by atoms with Crippen LogP contribution in [0.5, 0.6) is 0 Å². The molecular weight excluding hydrogens is 486 g/mol. The number of aliphatic hydroxyl groups is 1. The Kier molecular flexibility index (Phi) is 9.12. The number of aromatic nitrogens is 3. The van der Waals surface area contributed by atoms with Crippen molar-refractivity contribution in [2.24, 2.45) is 0 Å². The van der Waals surface area contributed by atoms with E-state index in [2.05, 4.69) is 31.1 Å². The van der Waals surface area contributed by atoms with Crippen molar-refractivity contribution in [1.29, 1.82) is 0 Å². The van der Waals surface area contributed by atoms with Gasteiger partial charge in [-0.15, -0.1) is 0 Å². The second-order valence-electron chi connectivity index (χ2n) is 9.24. The van der Waals surface area contributed by atoms with Gasteiger partial charge < -0.3 is 25.8 Å². The van der Waals surface area contributed by atoms with Crippen LogP contribution < -0.4 is 16.0 Å². The van der Waals surface area contributed by atoms with E-state index >= 15 is 0 Å². The number of hydrogen-bond donors (Lipinski definition) is 5. The van der Waals surface area contributed by atoms with Crippen molar-refractivity contribution in [2.75, 3.05) is 25.0 Å². The first-order valence-corrected chi connectivity index (χ1v) is 11.6. The number of alkyl carbamates (subject to hydrolysis) is 1. The molecule has 0 radical (unpaired) electrons. The molecule has 0 aliphatic heterocycles. The molecule has 3 rings (SSSR count). The molecule has 0 saturated carbocycles. The van der Waals surface area contributed by atoms with Gasteiger partial charge in [-0.05, 0) is 51.0 Å². The molecule has 0 aliphatic carbocycles.